The first-order valence-electron chi connectivity index (χ1n) is 5.24. The summed E-state index contributed by atoms with van der Waals surface area (Å²) in [4.78, 5) is 11.6. The van der Waals surface area contributed by atoms with E-state index >= 15 is 0 Å². The minimum absolute atomic E-state index is 0.100. The van der Waals surface area contributed by atoms with E-state index in [4.69, 9.17) is 11.0 Å². The number of nitriles is 1. The van der Waals surface area contributed by atoms with Crippen molar-refractivity contribution in [1.29, 1.82) is 5.26 Å². The number of carbonyl (C=O) groups is 1. The molecule has 0 aromatic heterocycles. The van der Waals surface area contributed by atoms with Crippen LogP contribution in [0.5, 0.6) is 0 Å². The SMILES string of the molecule is N#CCCCCNC(=O)c1ccc(N)cc1. The van der Waals surface area contributed by atoms with Crippen LogP contribution in [-0.2, 0) is 0 Å². The Balaban J connectivity index is 2.30. The molecule has 1 aromatic rings. The van der Waals surface area contributed by atoms with Crippen LogP contribution in [0.2, 0.25) is 0 Å². The average Bonchev–Trinajstić information content (AvgIpc) is 2.29. The Hall–Kier alpha value is -2.02. The number of hydrogen-bond donors (Lipinski definition) is 2. The van der Waals surface area contributed by atoms with Crippen molar-refractivity contribution in [2.75, 3.05) is 12.3 Å². The number of nitrogens with one attached hydrogen (secondary N) is 1. The maximum atomic E-state index is 11.6. The second-order valence-electron chi connectivity index (χ2n) is 3.49. The lowest BCUT2D eigenvalue weighted by molar-refractivity contribution is 0.0953. The van der Waals surface area contributed by atoms with Gasteiger partial charge in [-0.15, -0.1) is 0 Å². The molecule has 4 heteroatoms. The van der Waals surface area contributed by atoms with Crippen molar-refractivity contribution in [3.63, 3.8) is 0 Å². The molecule has 84 valence electrons. The Morgan fingerprint density at radius 1 is 1.31 bits per heavy atom. The highest BCUT2D eigenvalue weighted by Crippen LogP contribution is 2.05. The van der Waals surface area contributed by atoms with Gasteiger partial charge in [-0.05, 0) is 37.1 Å². The van der Waals surface area contributed by atoms with Crippen molar-refractivity contribution >= 4 is 11.6 Å². The van der Waals surface area contributed by atoms with Crippen LogP contribution in [0.1, 0.15) is 29.6 Å². The zero-order valence-electron chi connectivity index (χ0n) is 9.07. The molecule has 0 radical (unpaired) electrons. The molecular weight excluding hydrogens is 202 g/mol. The third-order valence-corrected chi connectivity index (χ3v) is 2.17. The molecule has 0 saturated carbocycles. The number of unbranched alkanes of at least 4 members (excludes halogenated alkanes) is 2. The molecule has 0 unspecified atom stereocenters. The molecule has 1 rings (SSSR count). The number of hydrogen-bond acceptors (Lipinski definition) is 3. The van der Waals surface area contributed by atoms with E-state index in [0.717, 1.165) is 12.8 Å². The van der Waals surface area contributed by atoms with E-state index < -0.39 is 0 Å². The Labute approximate surface area is 95.1 Å². The summed E-state index contributed by atoms with van der Waals surface area (Å²) < 4.78 is 0. The minimum atomic E-state index is -0.100. The molecule has 0 spiro atoms. The van der Waals surface area contributed by atoms with Gasteiger partial charge >= 0.3 is 0 Å². The molecule has 0 atom stereocenters. The lowest BCUT2D eigenvalue weighted by Crippen LogP contribution is -2.24. The summed E-state index contributed by atoms with van der Waals surface area (Å²) in [5, 5.41) is 11.1. The van der Waals surface area contributed by atoms with Gasteiger partial charge in [0.2, 0.25) is 0 Å². The van der Waals surface area contributed by atoms with Crippen LogP contribution in [0, 0.1) is 11.3 Å². The van der Waals surface area contributed by atoms with Crippen LogP contribution in [0.25, 0.3) is 0 Å². The average molecular weight is 217 g/mol. The van der Waals surface area contributed by atoms with Crippen molar-refractivity contribution in [2.24, 2.45) is 0 Å². The van der Waals surface area contributed by atoms with Crippen LogP contribution in [0.3, 0.4) is 0 Å². The number of anilines is 1. The number of nitrogens with two attached hydrogens (primary N) is 1. The van der Waals surface area contributed by atoms with Gasteiger partial charge in [-0.25, -0.2) is 0 Å². The molecular formula is C12H15N3O. The normalized spacial score (nSPS) is 9.44. The van der Waals surface area contributed by atoms with Gasteiger partial charge in [0.15, 0.2) is 0 Å². The molecule has 0 bridgehead atoms. The monoisotopic (exact) mass is 217 g/mol. The standard InChI is InChI=1S/C12H15N3O/c13-8-2-1-3-9-15-12(16)10-4-6-11(14)7-5-10/h4-7H,1-3,9,14H2,(H,15,16). The zero-order chi connectivity index (χ0) is 11.8. The number of rotatable bonds is 5. The molecule has 0 aliphatic rings. The van der Waals surface area contributed by atoms with E-state index in [1.165, 1.54) is 0 Å². The Bertz CT molecular complexity index is 378. The highest BCUT2D eigenvalue weighted by atomic mass is 16.1. The van der Waals surface area contributed by atoms with E-state index in [1.807, 2.05) is 0 Å². The van der Waals surface area contributed by atoms with Crippen molar-refractivity contribution in [3.8, 4) is 6.07 Å². The summed E-state index contributed by atoms with van der Waals surface area (Å²) >= 11 is 0. The van der Waals surface area contributed by atoms with Gasteiger partial charge in [0.1, 0.15) is 0 Å². The first-order chi connectivity index (χ1) is 7.74. The fourth-order valence-corrected chi connectivity index (χ4v) is 1.27. The summed E-state index contributed by atoms with van der Waals surface area (Å²) in [6.07, 6.45) is 2.19. The van der Waals surface area contributed by atoms with Crippen LogP contribution >= 0.6 is 0 Å². The van der Waals surface area contributed by atoms with Gasteiger partial charge in [-0.2, -0.15) is 5.26 Å². The fraction of sp³-hybridized carbons (Fsp3) is 0.333. The van der Waals surface area contributed by atoms with Crippen molar-refractivity contribution < 1.29 is 4.79 Å². The van der Waals surface area contributed by atoms with E-state index in [1.54, 1.807) is 24.3 Å². The second-order valence-corrected chi connectivity index (χ2v) is 3.49. The van der Waals surface area contributed by atoms with Crippen LogP contribution < -0.4 is 11.1 Å². The Kier molecular flexibility index (Phi) is 4.87. The van der Waals surface area contributed by atoms with Gasteiger partial charge in [0, 0.05) is 24.2 Å². The second kappa shape index (κ2) is 6.46. The van der Waals surface area contributed by atoms with Crippen LogP contribution in [-0.4, -0.2) is 12.5 Å². The summed E-state index contributed by atoms with van der Waals surface area (Å²) in [7, 11) is 0. The molecule has 16 heavy (non-hydrogen) atoms. The summed E-state index contributed by atoms with van der Waals surface area (Å²) in [5.41, 5.74) is 6.77. The molecule has 4 nitrogen and oxygen atoms in total. The highest BCUT2D eigenvalue weighted by Gasteiger charge is 2.03. The van der Waals surface area contributed by atoms with Crippen molar-refractivity contribution in [3.05, 3.63) is 29.8 Å². The summed E-state index contributed by atoms with van der Waals surface area (Å²) in [5.74, 6) is -0.100. The Morgan fingerprint density at radius 3 is 2.62 bits per heavy atom. The van der Waals surface area contributed by atoms with Gasteiger partial charge in [0.25, 0.3) is 5.91 Å². The molecule has 3 N–H and O–H groups in total. The largest absolute Gasteiger partial charge is 0.399 e. The lowest BCUT2D eigenvalue weighted by Gasteiger charge is -2.04. The number of nitrogens with zero attached hydrogens (tertiary/aromatic N) is 1. The van der Waals surface area contributed by atoms with Crippen LogP contribution in [0.15, 0.2) is 24.3 Å². The summed E-state index contributed by atoms with van der Waals surface area (Å²) in [6, 6.07) is 8.85. The minimum Gasteiger partial charge on any atom is -0.399 e. The molecule has 1 aromatic carbocycles. The third-order valence-electron chi connectivity index (χ3n) is 2.17. The van der Waals surface area contributed by atoms with Crippen LogP contribution in [0.4, 0.5) is 5.69 Å². The maximum absolute atomic E-state index is 11.6. The lowest BCUT2D eigenvalue weighted by atomic mass is 10.2. The molecule has 0 heterocycles. The van der Waals surface area contributed by atoms with Gasteiger partial charge < -0.3 is 11.1 Å². The quantitative estimate of drug-likeness (QED) is 0.582. The molecule has 0 fully saturated rings. The maximum Gasteiger partial charge on any atom is 0.251 e. The van der Waals surface area contributed by atoms with Gasteiger partial charge in [-0.3, -0.25) is 4.79 Å². The molecule has 1 amide bonds. The van der Waals surface area contributed by atoms with Gasteiger partial charge in [-0.1, -0.05) is 0 Å². The topological polar surface area (TPSA) is 78.9 Å². The molecule has 0 aliphatic carbocycles. The number of carbonyl (C=O) groups excluding carboxylic acids is 1. The predicted molar refractivity (Wildman–Crippen MR) is 62.7 cm³/mol. The van der Waals surface area contributed by atoms with Gasteiger partial charge in [0.05, 0.1) is 6.07 Å². The van der Waals surface area contributed by atoms with E-state index in [9.17, 15) is 4.79 Å². The number of benzene rings is 1. The predicted octanol–water partition coefficient (Wildman–Crippen LogP) is 1.69. The number of nitrogen functional groups attached to an aromatic ring is 1. The molecule has 0 saturated heterocycles. The first kappa shape index (κ1) is 12.1. The summed E-state index contributed by atoms with van der Waals surface area (Å²) in [6.45, 7) is 0.602. The first-order valence-corrected chi connectivity index (χ1v) is 5.24. The van der Waals surface area contributed by atoms with E-state index in [2.05, 4.69) is 11.4 Å². The number of amides is 1. The van der Waals surface area contributed by atoms with Crippen molar-refractivity contribution in [2.45, 2.75) is 19.3 Å². The fourth-order valence-electron chi connectivity index (χ4n) is 1.27. The molecule has 0 aliphatic heterocycles. The van der Waals surface area contributed by atoms with E-state index in [0.29, 0.717) is 24.2 Å². The van der Waals surface area contributed by atoms with Crippen molar-refractivity contribution in [1.82, 2.24) is 5.32 Å². The highest BCUT2D eigenvalue weighted by molar-refractivity contribution is 5.94. The third kappa shape index (κ3) is 4.01. The van der Waals surface area contributed by atoms with E-state index in [-0.39, 0.29) is 5.91 Å². The Morgan fingerprint density at radius 2 is 2.00 bits per heavy atom. The smallest absolute Gasteiger partial charge is 0.251 e. The zero-order valence-corrected chi connectivity index (χ0v) is 9.07.